The van der Waals surface area contributed by atoms with Crippen molar-refractivity contribution in [3.8, 4) is 0 Å². The Bertz CT molecular complexity index is 3890. The summed E-state index contributed by atoms with van der Waals surface area (Å²) in [5, 5.41) is 9.08. The third-order valence-electron chi connectivity index (χ3n) is 18.1. The van der Waals surface area contributed by atoms with Crippen molar-refractivity contribution in [2.75, 3.05) is 106 Å². The van der Waals surface area contributed by atoms with Gasteiger partial charge in [0.2, 0.25) is 17.7 Å². The molecule has 0 aromatic heterocycles. The zero-order valence-electron chi connectivity index (χ0n) is 50.4. The molecule has 2 unspecified atom stereocenters. The van der Waals surface area contributed by atoms with Crippen molar-refractivity contribution in [1.29, 1.82) is 0 Å². The number of nitrogens with one attached hydrogen (secondary N) is 4. The number of benzene rings is 5. The van der Waals surface area contributed by atoms with Crippen molar-refractivity contribution in [2.45, 2.75) is 90.1 Å². The van der Waals surface area contributed by atoms with E-state index in [0.29, 0.717) is 121 Å². The van der Waals surface area contributed by atoms with Crippen molar-refractivity contribution in [3.05, 3.63) is 148 Å². The molecule has 4 saturated heterocycles. The molecular weight excluding hydrogens is 1270 g/mol. The summed E-state index contributed by atoms with van der Waals surface area (Å²) in [6, 6.07) is 29.1. The molecule has 5 heterocycles. The molecule has 4 fully saturated rings. The van der Waals surface area contributed by atoms with Crippen LogP contribution in [0.2, 0.25) is 5.02 Å². The van der Waals surface area contributed by atoms with Crippen molar-refractivity contribution < 1.29 is 63.5 Å². The average Bonchev–Trinajstić information content (AvgIpc) is 1.82. The predicted octanol–water partition coefficient (Wildman–Crippen LogP) is 8.32. The van der Waals surface area contributed by atoms with Crippen molar-refractivity contribution in [2.24, 2.45) is 5.41 Å². The van der Waals surface area contributed by atoms with Crippen LogP contribution in [0.1, 0.15) is 94.4 Å². The van der Waals surface area contributed by atoms with Crippen molar-refractivity contribution in [1.82, 2.24) is 29.6 Å². The topological polar surface area (TPSA) is 244 Å². The first-order chi connectivity index (χ1) is 44.0. The summed E-state index contributed by atoms with van der Waals surface area (Å²) in [6.07, 6.45) is 4.59. The number of amides is 6. The van der Waals surface area contributed by atoms with E-state index < -0.39 is 82.5 Å². The summed E-state index contributed by atoms with van der Waals surface area (Å²) >= 11 is 7.78. The molecule has 0 saturated carbocycles. The maximum absolute atomic E-state index is 14.3. The highest BCUT2D eigenvalue weighted by molar-refractivity contribution is 7.99. The Morgan fingerprint density at radius 1 is 0.793 bits per heavy atom. The second-order valence-corrected chi connectivity index (χ2v) is 29.2. The van der Waals surface area contributed by atoms with Crippen LogP contribution in [-0.2, 0) is 39.0 Å². The van der Waals surface area contributed by atoms with E-state index in [-0.39, 0.29) is 47.3 Å². The second kappa shape index (κ2) is 28.1. The highest BCUT2D eigenvalue weighted by Gasteiger charge is 2.49. The first-order valence-corrected chi connectivity index (χ1v) is 35.1. The number of nitrogens with zero attached hydrogens (tertiary/aromatic N) is 5. The molecule has 1 spiro atoms. The number of rotatable bonds is 22. The number of carbonyl (C=O) groups excluding carboxylic acids is 6. The van der Waals surface area contributed by atoms with E-state index in [1.807, 2.05) is 64.2 Å². The molecule has 6 amide bonds. The molecule has 0 bridgehead atoms. The fourth-order valence-electron chi connectivity index (χ4n) is 13.1. The number of sulfonamides is 1. The molecule has 5 aromatic rings. The van der Waals surface area contributed by atoms with Gasteiger partial charge in [0.25, 0.3) is 37.6 Å². The number of alkyl halides is 3. The van der Waals surface area contributed by atoms with Crippen LogP contribution in [0.5, 0.6) is 0 Å². The number of ether oxygens (including phenoxy) is 1. The first-order valence-electron chi connectivity index (χ1n) is 30.7. The summed E-state index contributed by atoms with van der Waals surface area (Å²) in [5.74, 6) is -3.04. The molecule has 1 aliphatic carbocycles. The highest BCUT2D eigenvalue weighted by atomic mass is 35.5. The van der Waals surface area contributed by atoms with E-state index in [0.717, 1.165) is 58.9 Å². The summed E-state index contributed by atoms with van der Waals surface area (Å²) < 4.78 is 104. The van der Waals surface area contributed by atoms with Crippen LogP contribution >= 0.6 is 23.4 Å². The quantitative estimate of drug-likeness (QED) is 0.0289. The number of anilines is 3. The third kappa shape index (κ3) is 15.0. The number of sulfone groups is 1. The normalized spacial score (nSPS) is 20.6. The minimum atomic E-state index is -6.11. The fourth-order valence-corrected chi connectivity index (χ4v) is 16.2. The van der Waals surface area contributed by atoms with Gasteiger partial charge in [-0.05, 0) is 140 Å². The largest absolute Gasteiger partial charge is 0.501 e. The lowest BCUT2D eigenvalue weighted by molar-refractivity contribution is -0.136. The van der Waals surface area contributed by atoms with Gasteiger partial charge in [0.05, 0.1) is 34.9 Å². The number of fused-ring (bicyclic) bond motifs is 1. The lowest BCUT2D eigenvalue weighted by Crippen LogP contribution is -2.54. The monoisotopic (exact) mass is 1340 g/mol. The number of hydrogen-bond donors (Lipinski definition) is 4. The van der Waals surface area contributed by atoms with Gasteiger partial charge in [-0.1, -0.05) is 53.6 Å². The molecule has 4 N–H and O–H groups in total. The van der Waals surface area contributed by atoms with Gasteiger partial charge < -0.3 is 25.2 Å². The number of carbonyl (C=O) groups is 6. The minimum absolute atomic E-state index is 0.0155. The zero-order chi connectivity index (χ0) is 65.0. The molecular formula is C65H71ClF3N9O11S3. The van der Waals surface area contributed by atoms with Gasteiger partial charge >= 0.3 is 5.51 Å². The number of allylic oxidation sites excluding steroid dienone is 1. The second-order valence-electron chi connectivity index (χ2n) is 24.1. The van der Waals surface area contributed by atoms with Gasteiger partial charge in [-0.25, -0.2) is 21.6 Å². The number of halogens is 4. The number of piperidine rings is 1. The van der Waals surface area contributed by atoms with Gasteiger partial charge in [0.15, 0.2) is 0 Å². The lowest BCUT2D eigenvalue weighted by Gasteiger charge is -2.40. The Kier molecular flexibility index (Phi) is 20.2. The van der Waals surface area contributed by atoms with Gasteiger partial charge in [-0.15, -0.1) is 11.8 Å². The molecule has 27 heteroatoms. The van der Waals surface area contributed by atoms with Crippen LogP contribution in [-0.4, -0.2) is 180 Å². The maximum atomic E-state index is 14.3. The van der Waals surface area contributed by atoms with Crippen LogP contribution in [0.4, 0.5) is 30.2 Å². The van der Waals surface area contributed by atoms with Crippen LogP contribution < -0.4 is 25.6 Å². The van der Waals surface area contributed by atoms with Gasteiger partial charge in [0, 0.05) is 123 Å². The number of likely N-dealkylation sites (tertiary alicyclic amines) is 1. The summed E-state index contributed by atoms with van der Waals surface area (Å²) in [5.41, 5.74) is -1.17. The Morgan fingerprint density at radius 3 is 2.25 bits per heavy atom. The average molecular weight is 1340 g/mol. The van der Waals surface area contributed by atoms with Crippen LogP contribution in [0.25, 0.3) is 5.57 Å². The number of imide groups is 2. The third-order valence-corrected chi connectivity index (χ3v) is 22.4. The number of hydrogen-bond acceptors (Lipinski definition) is 17. The zero-order valence-corrected chi connectivity index (χ0v) is 53.6. The predicted molar refractivity (Wildman–Crippen MR) is 343 cm³/mol. The molecule has 0 radical (unpaired) electrons. The smallest absolute Gasteiger partial charge is 0.384 e. The van der Waals surface area contributed by atoms with Crippen LogP contribution in [0, 0.1) is 5.41 Å². The lowest BCUT2D eigenvalue weighted by atomic mass is 9.69. The van der Waals surface area contributed by atoms with Crippen LogP contribution in [0.15, 0.2) is 136 Å². The standard InChI is InChI=1S/C65H71ClF3N9O11S3/c66-46-15-11-43(12-16-46)51-23-25-64(26-29-77(42-64)58(80)10-5-27-70-54-9-4-8-52-59(54)63(84)78(62(52)83)55-21-22-57(79)72-61(55)82)39-45(51)40-75-30-32-76(33-31-75)48-17-13-44(14-18-48)60(81)73-92(87,88)50-19-20-53(56(38-50)91(85,86)65(67,68)69)71-47(24-28-74-34-36-89-37-35-74)41-90-49-6-2-1-3-7-49/h1-4,6-9,11-20,38,47,55,70-71H,5,10,21-37,39-42H2,(H,73,81)(H,72,79,82)/t47-,55?,64?/m1/s1. The van der Waals surface area contributed by atoms with Crippen molar-refractivity contribution >= 4 is 101 Å². The molecule has 5 aliphatic heterocycles. The van der Waals surface area contributed by atoms with E-state index in [4.69, 9.17) is 16.3 Å². The fraction of sp³-hybridized carbons (Fsp3) is 0.415. The summed E-state index contributed by atoms with van der Waals surface area (Å²) in [7, 11) is -11.0. The molecule has 5 aromatic carbocycles. The Morgan fingerprint density at radius 2 is 1.53 bits per heavy atom. The molecule has 3 atom stereocenters. The molecule has 6 aliphatic rings. The molecule has 92 heavy (non-hydrogen) atoms. The summed E-state index contributed by atoms with van der Waals surface area (Å²) in [6.45, 7) is 7.84. The number of thioether (sulfide) groups is 1. The van der Waals surface area contributed by atoms with E-state index in [1.165, 1.54) is 41.1 Å². The van der Waals surface area contributed by atoms with Gasteiger partial charge in [0.1, 0.15) is 10.9 Å². The Hall–Kier alpha value is -7.33. The van der Waals surface area contributed by atoms with E-state index in [9.17, 15) is 58.8 Å². The summed E-state index contributed by atoms with van der Waals surface area (Å²) in [4.78, 5) is 87.1. The molecule has 20 nitrogen and oxygen atoms in total. The van der Waals surface area contributed by atoms with Crippen molar-refractivity contribution in [3.63, 3.8) is 0 Å². The highest BCUT2D eigenvalue weighted by Crippen LogP contribution is 2.49. The first kappa shape index (κ1) is 66.1. The Balaban J connectivity index is 0.693. The van der Waals surface area contributed by atoms with Crippen LogP contribution in [0.3, 0.4) is 0 Å². The molecule has 488 valence electrons. The molecule has 11 rings (SSSR count). The Labute approximate surface area is 541 Å². The van der Waals surface area contributed by atoms with E-state index in [1.54, 1.807) is 24.3 Å². The maximum Gasteiger partial charge on any atom is 0.501 e. The van der Waals surface area contributed by atoms with E-state index in [2.05, 4.69) is 30.7 Å². The number of morpholine rings is 1. The number of piperazine rings is 1. The minimum Gasteiger partial charge on any atom is -0.384 e. The van der Waals surface area contributed by atoms with Gasteiger partial charge in [-0.3, -0.25) is 48.8 Å². The van der Waals surface area contributed by atoms with E-state index >= 15 is 0 Å². The van der Waals surface area contributed by atoms with Gasteiger partial charge in [-0.2, -0.15) is 13.2 Å². The SMILES string of the molecule is O=C1CCC(N2C(=O)c3cccc(NCCCC(=O)N4CCC5(CCC(c6ccc(Cl)cc6)=C(CN6CCN(c7ccc(C(=O)NS(=O)(=O)c8ccc(N[C@H](CCN9CCOCC9)CSc9ccccc9)c(S(=O)(=O)C(F)(F)F)c8)cc7)CC6)C5)C4)c3C2=O)C(=O)N1.